The molecule has 1 saturated heterocycles. The van der Waals surface area contributed by atoms with Gasteiger partial charge in [-0.2, -0.15) is 0 Å². The molecule has 0 amide bonds. The fourth-order valence-electron chi connectivity index (χ4n) is 2.73. The maximum Gasteiger partial charge on any atom is 0.123 e. The minimum absolute atomic E-state index is 0.198. The molecule has 2 rings (SSSR count). The van der Waals surface area contributed by atoms with E-state index in [-0.39, 0.29) is 5.82 Å². The highest BCUT2D eigenvalue weighted by atomic mass is 19.1. The first kappa shape index (κ1) is 13.3. The summed E-state index contributed by atoms with van der Waals surface area (Å²) in [6.45, 7) is 7.56. The average molecular weight is 250 g/mol. The monoisotopic (exact) mass is 250 g/mol. The van der Waals surface area contributed by atoms with Crippen LogP contribution in [0.3, 0.4) is 0 Å². The van der Waals surface area contributed by atoms with E-state index in [1.807, 2.05) is 0 Å². The summed E-state index contributed by atoms with van der Waals surface area (Å²) in [5, 5.41) is 0. The van der Waals surface area contributed by atoms with Gasteiger partial charge in [-0.1, -0.05) is 13.8 Å². The Balaban J connectivity index is 1.93. The fourth-order valence-corrected chi connectivity index (χ4v) is 2.73. The molecule has 0 radical (unpaired) electrons. The number of rotatable bonds is 3. The third-order valence-corrected chi connectivity index (χ3v) is 4.07. The number of hydrogen-bond acceptors (Lipinski definition) is 2. The molecule has 18 heavy (non-hydrogen) atoms. The molecule has 3 heteroatoms. The van der Waals surface area contributed by atoms with E-state index in [1.54, 1.807) is 12.1 Å². The van der Waals surface area contributed by atoms with Gasteiger partial charge >= 0.3 is 0 Å². The second-order valence-corrected chi connectivity index (χ2v) is 5.70. The van der Waals surface area contributed by atoms with E-state index < -0.39 is 0 Å². The Morgan fingerprint density at radius 1 is 1.33 bits per heavy atom. The molecule has 1 aliphatic heterocycles. The second-order valence-electron chi connectivity index (χ2n) is 5.70. The minimum atomic E-state index is -0.198. The summed E-state index contributed by atoms with van der Waals surface area (Å²) < 4.78 is 13.2. The van der Waals surface area contributed by atoms with Gasteiger partial charge in [0.2, 0.25) is 0 Å². The zero-order valence-corrected chi connectivity index (χ0v) is 11.3. The van der Waals surface area contributed by atoms with Crippen LogP contribution >= 0.6 is 0 Å². The van der Waals surface area contributed by atoms with Gasteiger partial charge in [0.1, 0.15) is 5.82 Å². The van der Waals surface area contributed by atoms with Gasteiger partial charge in [-0.05, 0) is 61.5 Å². The highest BCUT2D eigenvalue weighted by molar-refractivity contribution is 5.46. The smallest absolute Gasteiger partial charge is 0.123 e. The lowest BCUT2D eigenvalue weighted by atomic mass is 9.86. The van der Waals surface area contributed by atoms with Crippen LogP contribution in [-0.2, 0) is 6.54 Å². The average Bonchev–Trinajstić information content (AvgIpc) is 2.34. The lowest BCUT2D eigenvalue weighted by molar-refractivity contribution is 0.152. The summed E-state index contributed by atoms with van der Waals surface area (Å²) >= 11 is 0. The Morgan fingerprint density at radius 3 is 2.61 bits per heavy atom. The highest BCUT2D eigenvalue weighted by Crippen LogP contribution is 2.26. The van der Waals surface area contributed by atoms with E-state index in [4.69, 9.17) is 5.73 Å². The van der Waals surface area contributed by atoms with Gasteiger partial charge < -0.3 is 5.73 Å². The summed E-state index contributed by atoms with van der Waals surface area (Å²) in [5.41, 5.74) is 7.50. The molecule has 2 nitrogen and oxygen atoms in total. The predicted molar refractivity (Wildman–Crippen MR) is 73.7 cm³/mol. The number of anilines is 1. The maximum atomic E-state index is 13.2. The number of benzene rings is 1. The lowest BCUT2D eigenvalue weighted by Gasteiger charge is -2.34. The fraction of sp³-hybridized carbons (Fsp3) is 0.600. The molecule has 0 saturated carbocycles. The normalized spacial score (nSPS) is 18.4. The quantitative estimate of drug-likeness (QED) is 0.834. The number of nitrogen functional groups attached to an aromatic ring is 1. The van der Waals surface area contributed by atoms with Crippen molar-refractivity contribution >= 4 is 5.69 Å². The number of nitrogens with two attached hydrogens (primary N) is 1. The molecule has 0 bridgehead atoms. The zero-order valence-electron chi connectivity index (χ0n) is 11.3. The first-order chi connectivity index (χ1) is 8.56. The first-order valence-corrected chi connectivity index (χ1v) is 6.82. The standard InChI is InChI=1S/C15H23FN2/c1-11(2)12-5-7-18(8-6-12)10-13-9-14(16)3-4-15(13)17/h3-4,9,11-12H,5-8,10,17H2,1-2H3. The number of nitrogens with zero attached hydrogens (tertiary/aromatic N) is 1. The van der Waals surface area contributed by atoms with Gasteiger partial charge in [0.15, 0.2) is 0 Å². The molecule has 0 spiro atoms. The van der Waals surface area contributed by atoms with E-state index in [2.05, 4.69) is 18.7 Å². The molecular formula is C15H23FN2. The van der Waals surface area contributed by atoms with Crippen molar-refractivity contribution in [1.29, 1.82) is 0 Å². The van der Waals surface area contributed by atoms with Crippen LogP contribution in [0.2, 0.25) is 0 Å². The van der Waals surface area contributed by atoms with Gasteiger partial charge in [-0.25, -0.2) is 4.39 Å². The third-order valence-electron chi connectivity index (χ3n) is 4.07. The number of piperidine rings is 1. The van der Waals surface area contributed by atoms with Crippen LogP contribution in [0.1, 0.15) is 32.3 Å². The van der Waals surface area contributed by atoms with Gasteiger partial charge in [0.05, 0.1) is 0 Å². The number of halogens is 1. The predicted octanol–water partition coefficient (Wildman–Crippen LogP) is 3.28. The summed E-state index contributed by atoms with van der Waals surface area (Å²) in [4.78, 5) is 2.38. The van der Waals surface area contributed by atoms with Gasteiger partial charge in [0.25, 0.3) is 0 Å². The minimum Gasteiger partial charge on any atom is -0.398 e. The van der Waals surface area contributed by atoms with Crippen molar-refractivity contribution in [2.75, 3.05) is 18.8 Å². The van der Waals surface area contributed by atoms with Crippen LogP contribution in [0.15, 0.2) is 18.2 Å². The van der Waals surface area contributed by atoms with Crippen LogP contribution in [0, 0.1) is 17.7 Å². The van der Waals surface area contributed by atoms with Crippen molar-refractivity contribution in [3.8, 4) is 0 Å². The topological polar surface area (TPSA) is 29.3 Å². The van der Waals surface area contributed by atoms with Crippen molar-refractivity contribution in [1.82, 2.24) is 4.90 Å². The Morgan fingerprint density at radius 2 is 2.00 bits per heavy atom. The van der Waals surface area contributed by atoms with Crippen LogP contribution < -0.4 is 5.73 Å². The molecule has 0 atom stereocenters. The second kappa shape index (κ2) is 5.70. The van der Waals surface area contributed by atoms with E-state index >= 15 is 0 Å². The van der Waals surface area contributed by atoms with Gasteiger partial charge in [-0.3, -0.25) is 4.90 Å². The van der Waals surface area contributed by atoms with Crippen molar-refractivity contribution < 1.29 is 4.39 Å². The Kier molecular flexibility index (Phi) is 4.23. The molecule has 100 valence electrons. The van der Waals surface area contributed by atoms with E-state index in [0.29, 0.717) is 5.69 Å². The first-order valence-electron chi connectivity index (χ1n) is 6.82. The number of hydrogen-bond donors (Lipinski definition) is 1. The van der Waals surface area contributed by atoms with Gasteiger partial charge in [-0.15, -0.1) is 0 Å². The van der Waals surface area contributed by atoms with Crippen LogP contribution in [0.4, 0.5) is 10.1 Å². The maximum absolute atomic E-state index is 13.2. The van der Waals surface area contributed by atoms with Crippen molar-refractivity contribution in [3.63, 3.8) is 0 Å². The van der Waals surface area contributed by atoms with E-state index in [9.17, 15) is 4.39 Å². The largest absolute Gasteiger partial charge is 0.398 e. The molecule has 1 aromatic carbocycles. The van der Waals surface area contributed by atoms with Crippen molar-refractivity contribution in [2.45, 2.75) is 33.2 Å². The lowest BCUT2D eigenvalue weighted by Crippen LogP contribution is -2.34. The third kappa shape index (κ3) is 3.22. The molecule has 1 aliphatic rings. The van der Waals surface area contributed by atoms with Crippen LogP contribution in [0.5, 0.6) is 0 Å². The molecule has 0 unspecified atom stereocenters. The molecule has 1 heterocycles. The zero-order chi connectivity index (χ0) is 13.1. The summed E-state index contributed by atoms with van der Waals surface area (Å²) in [6.07, 6.45) is 2.49. The molecule has 1 aromatic rings. The van der Waals surface area contributed by atoms with Crippen LogP contribution in [0.25, 0.3) is 0 Å². The molecule has 0 aromatic heterocycles. The van der Waals surface area contributed by atoms with Gasteiger partial charge in [0, 0.05) is 12.2 Å². The van der Waals surface area contributed by atoms with Crippen molar-refractivity contribution in [3.05, 3.63) is 29.6 Å². The van der Waals surface area contributed by atoms with Crippen molar-refractivity contribution in [2.24, 2.45) is 11.8 Å². The summed E-state index contributed by atoms with van der Waals surface area (Å²) in [5.74, 6) is 1.41. The SMILES string of the molecule is CC(C)C1CCN(Cc2cc(F)ccc2N)CC1. The molecule has 1 fully saturated rings. The molecule has 0 aliphatic carbocycles. The molecular weight excluding hydrogens is 227 g/mol. The Hall–Kier alpha value is -1.09. The Bertz CT molecular complexity index is 395. The van der Waals surface area contributed by atoms with E-state index in [1.165, 1.54) is 18.9 Å². The summed E-state index contributed by atoms with van der Waals surface area (Å²) in [7, 11) is 0. The summed E-state index contributed by atoms with van der Waals surface area (Å²) in [6, 6.07) is 4.64. The Labute approximate surface area is 109 Å². The van der Waals surface area contributed by atoms with E-state index in [0.717, 1.165) is 37.0 Å². The highest BCUT2D eigenvalue weighted by Gasteiger charge is 2.21. The van der Waals surface area contributed by atoms with Crippen LogP contribution in [-0.4, -0.2) is 18.0 Å². The molecule has 2 N–H and O–H groups in total. The number of likely N-dealkylation sites (tertiary alicyclic amines) is 1.